The Morgan fingerprint density at radius 3 is 2.85 bits per heavy atom. The topological polar surface area (TPSA) is 52.3 Å². The highest BCUT2D eigenvalue weighted by atomic mass is 16.5. The molecule has 0 bridgehead atoms. The summed E-state index contributed by atoms with van der Waals surface area (Å²) in [7, 11) is 1.47. The molecule has 2 fully saturated rings. The number of hydrogen-bond donors (Lipinski definition) is 1. The first-order valence-electron chi connectivity index (χ1n) is 5.07. The minimum absolute atomic E-state index is 0.0321. The van der Waals surface area contributed by atoms with E-state index < -0.39 is 0 Å². The molecule has 0 amide bonds. The van der Waals surface area contributed by atoms with E-state index in [1.807, 2.05) is 0 Å². The van der Waals surface area contributed by atoms with Crippen LogP contribution in [-0.4, -0.2) is 19.1 Å². The lowest BCUT2D eigenvalue weighted by Crippen LogP contribution is -2.52. The molecule has 74 valence electrons. The van der Waals surface area contributed by atoms with Crippen LogP contribution in [0.3, 0.4) is 0 Å². The van der Waals surface area contributed by atoms with Crippen LogP contribution in [0.1, 0.15) is 25.7 Å². The van der Waals surface area contributed by atoms with Gasteiger partial charge in [0.1, 0.15) is 0 Å². The highest BCUT2D eigenvalue weighted by Crippen LogP contribution is 2.49. The Balaban J connectivity index is 1.96. The van der Waals surface area contributed by atoms with Crippen molar-refractivity contribution in [2.24, 2.45) is 23.5 Å². The van der Waals surface area contributed by atoms with Crippen LogP contribution in [0.5, 0.6) is 0 Å². The molecule has 0 heterocycles. The Labute approximate surface area is 78.6 Å². The second kappa shape index (κ2) is 3.29. The van der Waals surface area contributed by atoms with Crippen LogP contribution in [0.25, 0.3) is 0 Å². The third kappa shape index (κ3) is 1.35. The van der Waals surface area contributed by atoms with E-state index in [1.165, 1.54) is 13.5 Å². The lowest BCUT2D eigenvalue weighted by molar-refractivity contribution is -0.157. The van der Waals surface area contributed by atoms with E-state index in [1.54, 1.807) is 0 Å². The van der Waals surface area contributed by atoms with Crippen molar-refractivity contribution in [1.82, 2.24) is 0 Å². The van der Waals surface area contributed by atoms with Gasteiger partial charge in [0.25, 0.3) is 0 Å². The molecule has 0 aromatic rings. The minimum atomic E-state index is -0.0321. The molecule has 3 nitrogen and oxygen atoms in total. The van der Waals surface area contributed by atoms with E-state index in [2.05, 4.69) is 0 Å². The first kappa shape index (κ1) is 9.00. The molecule has 0 spiro atoms. The number of fused-ring (bicyclic) bond motifs is 1. The zero-order valence-electron chi connectivity index (χ0n) is 8.03. The molecule has 13 heavy (non-hydrogen) atoms. The first-order chi connectivity index (χ1) is 6.24. The monoisotopic (exact) mass is 183 g/mol. The molecule has 3 heteroatoms. The number of nitrogens with two attached hydrogens (primary N) is 1. The van der Waals surface area contributed by atoms with Crippen molar-refractivity contribution >= 4 is 5.97 Å². The van der Waals surface area contributed by atoms with Gasteiger partial charge >= 0.3 is 5.97 Å². The number of carbonyl (C=O) groups is 1. The summed E-state index contributed by atoms with van der Waals surface area (Å²) in [6.45, 7) is 0. The Hall–Kier alpha value is -0.570. The average molecular weight is 183 g/mol. The van der Waals surface area contributed by atoms with Gasteiger partial charge in [0, 0.05) is 6.04 Å². The number of hydrogen-bond acceptors (Lipinski definition) is 3. The number of esters is 1. The van der Waals surface area contributed by atoms with Crippen molar-refractivity contribution in [2.45, 2.75) is 31.7 Å². The van der Waals surface area contributed by atoms with Gasteiger partial charge in [0.05, 0.1) is 13.0 Å². The normalized spacial score (nSPS) is 43.2. The molecule has 0 aliphatic heterocycles. The van der Waals surface area contributed by atoms with E-state index >= 15 is 0 Å². The summed E-state index contributed by atoms with van der Waals surface area (Å²) in [4.78, 5) is 11.3. The summed E-state index contributed by atoms with van der Waals surface area (Å²) >= 11 is 0. The highest BCUT2D eigenvalue weighted by Gasteiger charge is 2.49. The number of methoxy groups -OCH3 is 1. The maximum absolute atomic E-state index is 11.3. The first-order valence-corrected chi connectivity index (χ1v) is 5.07. The zero-order valence-corrected chi connectivity index (χ0v) is 8.03. The van der Waals surface area contributed by atoms with Crippen LogP contribution in [0.2, 0.25) is 0 Å². The van der Waals surface area contributed by atoms with Crippen LogP contribution in [0, 0.1) is 17.8 Å². The van der Waals surface area contributed by atoms with Crippen molar-refractivity contribution in [3.8, 4) is 0 Å². The lowest BCUT2D eigenvalue weighted by atomic mass is 9.57. The fraction of sp³-hybridized carbons (Fsp3) is 0.900. The Kier molecular flexibility index (Phi) is 2.28. The summed E-state index contributed by atoms with van der Waals surface area (Å²) < 4.78 is 4.76. The van der Waals surface area contributed by atoms with Crippen LogP contribution >= 0.6 is 0 Å². The Morgan fingerprint density at radius 2 is 2.15 bits per heavy atom. The quantitative estimate of drug-likeness (QED) is 0.615. The van der Waals surface area contributed by atoms with E-state index in [0.29, 0.717) is 17.9 Å². The molecule has 2 aliphatic carbocycles. The van der Waals surface area contributed by atoms with Crippen molar-refractivity contribution in [2.75, 3.05) is 7.11 Å². The molecule has 2 aliphatic rings. The third-order valence-electron chi connectivity index (χ3n) is 3.72. The fourth-order valence-corrected chi connectivity index (χ4v) is 2.88. The standard InChI is InChI=1S/C10H17NO2/c1-13-10(12)8-5-7-6(8)3-2-4-9(7)11/h6-9H,2-5,11H2,1H3. The molecule has 2 N–H and O–H groups in total. The van der Waals surface area contributed by atoms with Gasteiger partial charge in [-0.05, 0) is 31.1 Å². The lowest BCUT2D eigenvalue weighted by Gasteiger charge is -2.49. The van der Waals surface area contributed by atoms with Gasteiger partial charge in [-0.25, -0.2) is 0 Å². The third-order valence-corrected chi connectivity index (χ3v) is 3.72. The van der Waals surface area contributed by atoms with Gasteiger partial charge < -0.3 is 10.5 Å². The van der Waals surface area contributed by atoms with Crippen molar-refractivity contribution in [1.29, 1.82) is 0 Å². The Morgan fingerprint density at radius 1 is 1.38 bits per heavy atom. The predicted octanol–water partition coefficient (Wildman–Crippen LogP) is 0.923. The van der Waals surface area contributed by atoms with Crippen LogP contribution in [0.4, 0.5) is 0 Å². The predicted molar refractivity (Wildman–Crippen MR) is 48.9 cm³/mol. The van der Waals surface area contributed by atoms with Gasteiger partial charge in [-0.15, -0.1) is 0 Å². The van der Waals surface area contributed by atoms with Gasteiger partial charge in [-0.2, -0.15) is 0 Å². The maximum atomic E-state index is 11.3. The van der Waals surface area contributed by atoms with E-state index in [4.69, 9.17) is 10.5 Å². The van der Waals surface area contributed by atoms with Crippen molar-refractivity contribution in [3.05, 3.63) is 0 Å². The second-order valence-electron chi connectivity index (χ2n) is 4.29. The minimum Gasteiger partial charge on any atom is -0.469 e. The molecular weight excluding hydrogens is 166 g/mol. The molecule has 0 radical (unpaired) electrons. The Bertz CT molecular complexity index is 217. The highest BCUT2D eigenvalue weighted by molar-refractivity contribution is 5.74. The smallest absolute Gasteiger partial charge is 0.308 e. The zero-order chi connectivity index (χ0) is 9.42. The van der Waals surface area contributed by atoms with Gasteiger partial charge in [-0.3, -0.25) is 4.79 Å². The summed E-state index contributed by atoms with van der Waals surface area (Å²) in [5, 5.41) is 0. The number of ether oxygens (including phenoxy) is 1. The molecule has 0 aromatic heterocycles. The van der Waals surface area contributed by atoms with E-state index in [9.17, 15) is 4.79 Å². The SMILES string of the molecule is COC(=O)C1CC2C(N)CCCC12. The molecule has 4 unspecified atom stereocenters. The van der Waals surface area contributed by atoms with Crippen LogP contribution in [-0.2, 0) is 9.53 Å². The second-order valence-corrected chi connectivity index (χ2v) is 4.29. The fourth-order valence-electron chi connectivity index (χ4n) is 2.88. The van der Waals surface area contributed by atoms with Gasteiger partial charge in [-0.1, -0.05) is 6.42 Å². The van der Waals surface area contributed by atoms with Crippen molar-refractivity contribution < 1.29 is 9.53 Å². The van der Waals surface area contributed by atoms with E-state index in [-0.39, 0.29) is 11.9 Å². The molecule has 2 saturated carbocycles. The summed E-state index contributed by atoms with van der Waals surface area (Å²) in [6, 6.07) is 0.333. The van der Waals surface area contributed by atoms with E-state index in [0.717, 1.165) is 19.3 Å². The maximum Gasteiger partial charge on any atom is 0.308 e. The summed E-state index contributed by atoms with van der Waals surface area (Å²) in [5.74, 6) is 1.24. The molecule has 4 atom stereocenters. The number of carbonyl (C=O) groups excluding carboxylic acids is 1. The molecule has 0 saturated heterocycles. The van der Waals surface area contributed by atoms with Crippen LogP contribution in [0.15, 0.2) is 0 Å². The summed E-state index contributed by atoms with van der Waals surface area (Å²) in [6.07, 6.45) is 4.43. The molecular formula is C10H17NO2. The average Bonchev–Trinajstić information content (AvgIpc) is 2.08. The summed E-state index contributed by atoms with van der Waals surface area (Å²) in [5.41, 5.74) is 5.97. The van der Waals surface area contributed by atoms with Crippen molar-refractivity contribution in [3.63, 3.8) is 0 Å². The van der Waals surface area contributed by atoms with Crippen LogP contribution < -0.4 is 5.73 Å². The van der Waals surface area contributed by atoms with Gasteiger partial charge in [0.2, 0.25) is 0 Å². The number of rotatable bonds is 1. The molecule has 2 rings (SSSR count). The largest absolute Gasteiger partial charge is 0.469 e. The van der Waals surface area contributed by atoms with Gasteiger partial charge in [0.15, 0.2) is 0 Å². The molecule has 0 aromatic carbocycles.